The SMILES string of the molecule is FC1=CC(F)C(C2CCN(Cc3ccccc3)CC2)C=C1. The summed E-state index contributed by atoms with van der Waals surface area (Å²) < 4.78 is 27.0. The third-order valence-electron chi connectivity index (χ3n) is 4.59. The molecule has 0 aromatic heterocycles. The number of benzene rings is 1. The number of hydrogen-bond donors (Lipinski definition) is 0. The highest BCUT2D eigenvalue weighted by Crippen LogP contribution is 2.33. The highest BCUT2D eigenvalue weighted by molar-refractivity contribution is 5.22. The van der Waals surface area contributed by atoms with E-state index in [1.807, 2.05) is 6.07 Å². The van der Waals surface area contributed by atoms with Crippen LogP contribution in [0, 0.1) is 11.8 Å². The molecule has 0 amide bonds. The van der Waals surface area contributed by atoms with Gasteiger partial charge in [0, 0.05) is 12.5 Å². The molecular weight excluding hydrogens is 268 g/mol. The summed E-state index contributed by atoms with van der Waals surface area (Å²) in [6.07, 6.45) is 5.05. The van der Waals surface area contributed by atoms with Gasteiger partial charge < -0.3 is 0 Å². The van der Waals surface area contributed by atoms with Gasteiger partial charge in [0.1, 0.15) is 12.0 Å². The summed E-state index contributed by atoms with van der Waals surface area (Å²) in [4.78, 5) is 2.42. The van der Waals surface area contributed by atoms with Crippen LogP contribution in [-0.4, -0.2) is 24.2 Å². The van der Waals surface area contributed by atoms with Gasteiger partial charge in [0.2, 0.25) is 0 Å². The Morgan fingerprint density at radius 1 is 1.10 bits per heavy atom. The van der Waals surface area contributed by atoms with Gasteiger partial charge in [-0.25, -0.2) is 8.78 Å². The maximum Gasteiger partial charge on any atom is 0.128 e. The highest BCUT2D eigenvalue weighted by atomic mass is 19.1. The predicted octanol–water partition coefficient (Wildman–Crippen LogP) is 4.28. The first-order valence-electron chi connectivity index (χ1n) is 7.68. The number of likely N-dealkylation sites (tertiary alicyclic amines) is 1. The first-order chi connectivity index (χ1) is 10.2. The summed E-state index contributed by atoms with van der Waals surface area (Å²) in [5, 5.41) is 0. The Balaban J connectivity index is 1.53. The average Bonchev–Trinajstić information content (AvgIpc) is 2.49. The van der Waals surface area contributed by atoms with Gasteiger partial charge in [-0.1, -0.05) is 36.4 Å². The molecule has 0 spiro atoms. The van der Waals surface area contributed by atoms with Crippen LogP contribution in [0.1, 0.15) is 18.4 Å². The van der Waals surface area contributed by atoms with Gasteiger partial charge in [-0.2, -0.15) is 0 Å². The highest BCUT2D eigenvalue weighted by Gasteiger charge is 2.31. The molecule has 0 N–H and O–H groups in total. The molecule has 3 heteroatoms. The predicted molar refractivity (Wildman–Crippen MR) is 81.2 cm³/mol. The number of piperidine rings is 1. The number of allylic oxidation sites excluding steroid dienone is 4. The van der Waals surface area contributed by atoms with Crippen LogP contribution in [0.4, 0.5) is 8.78 Å². The number of alkyl halides is 1. The minimum Gasteiger partial charge on any atom is -0.299 e. The van der Waals surface area contributed by atoms with Crippen molar-refractivity contribution in [1.82, 2.24) is 4.90 Å². The Bertz CT molecular complexity index is 515. The van der Waals surface area contributed by atoms with Crippen LogP contribution in [0.5, 0.6) is 0 Å². The van der Waals surface area contributed by atoms with Crippen molar-refractivity contribution in [2.75, 3.05) is 13.1 Å². The number of rotatable bonds is 3. The van der Waals surface area contributed by atoms with E-state index < -0.39 is 12.0 Å². The van der Waals surface area contributed by atoms with Crippen molar-refractivity contribution < 1.29 is 8.78 Å². The first-order valence-corrected chi connectivity index (χ1v) is 7.68. The lowest BCUT2D eigenvalue weighted by Crippen LogP contribution is -2.37. The lowest BCUT2D eigenvalue weighted by molar-refractivity contribution is 0.128. The van der Waals surface area contributed by atoms with E-state index in [1.165, 1.54) is 11.6 Å². The summed E-state index contributed by atoms with van der Waals surface area (Å²) in [5.41, 5.74) is 1.32. The van der Waals surface area contributed by atoms with E-state index in [0.29, 0.717) is 5.92 Å². The molecular formula is C18H21F2N. The molecule has 1 nitrogen and oxygen atoms in total. The van der Waals surface area contributed by atoms with Crippen molar-refractivity contribution in [1.29, 1.82) is 0 Å². The second-order valence-corrected chi connectivity index (χ2v) is 6.03. The molecule has 1 aliphatic carbocycles. The lowest BCUT2D eigenvalue weighted by Gasteiger charge is -2.36. The standard InChI is InChI=1S/C18H21F2N/c19-16-6-7-17(18(20)12-16)15-8-10-21(11-9-15)13-14-4-2-1-3-5-14/h1-7,12,15,17-18H,8-11,13H2. The minimum atomic E-state index is -1.17. The van der Waals surface area contributed by atoms with Crippen molar-refractivity contribution in [2.24, 2.45) is 11.8 Å². The molecule has 2 unspecified atom stereocenters. The monoisotopic (exact) mass is 289 g/mol. The molecule has 112 valence electrons. The molecule has 2 aliphatic rings. The molecule has 1 aromatic carbocycles. The number of nitrogens with zero attached hydrogens (tertiary/aromatic N) is 1. The van der Waals surface area contributed by atoms with E-state index in [4.69, 9.17) is 0 Å². The Labute approximate surface area is 125 Å². The van der Waals surface area contributed by atoms with Crippen LogP contribution in [0.25, 0.3) is 0 Å². The van der Waals surface area contributed by atoms with Crippen LogP contribution in [0.15, 0.2) is 54.4 Å². The summed E-state index contributed by atoms with van der Waals surface area (Å²) in [6.45, 7) is 2.94. The lowest BCUT2D eigenvalue weighted by atomic mass is 9.79. The maximum atomic E-state index is 13.9. The van der Waals surface area contributed by atoms with E-state index in [0.717, 1.165) is 38.6 Å². The Morgan fingerprint density at radius 2 is 1.81 bits per heavy atom. The minimum absolute atomic E-state index is 0.150. The molecule has 0 saturated carbocycles. The van der Waals surface area contributed by atoms with Crippen molar-refractivity contribution in [2.45, 2.75) is 25.6 Å². The molecule has 1 aliphatic heterocycles. The average molecular weight is 289 g/mol. The smallest absolute Gasteiger partial charge is 0.128 e. The normalized spacial score (nSPS) is 27.6. The van der Waals surface area contributed by atoms with Gasteiger partial charge in [0.25, 0.3) is 0 Å². The molecule has 1 aromatic rings. The molecule has 3 rings (SSSR count). The molecule has 2 atom stereocenters. The zero-order valence-electron chi connectivity index (χ0n) is 12.1. The summed E-state index contributed by atoms with van der Waals surface area (Å²) >= 11 is 0. The summed E-state index contributed by atoms with van der Waals surface area (Å²) in [6, 6.07) is 10.4. The zero-order valence-corrected chi connectivity index (χ0v) is 12.1. The molecule has 1 saturated heterocycles. The van der Waals surface area contributed by atoms with E-state index in [1.54, 1.807) is 6.08 Å². The molecule has 0 radical (unpaired) electrons. The Kier molecular flexibility index (Phi) is 4.49. The molecule has 0 bridgehead atoms. The molecule has 21 heavy (non-hydrogen) atoms. The summed E-state index contributed by atoms with van der Waals surface area (Å²) in [5.74, 6) is -0.267. The van der Waals surface area contributed by atoms with Crippen LogP contribution in [0.3, 0.4) is 0 Å². The zero-order chi connectivity index (χ0) is 14.7. The molecule has 1 fully saturated rings. The fourth-order valence-electron chi connectivity index (χ4n) is 3.38. The quantitative estimate of drug-likeness (QED) is 0.803. The maximum absolute atomic E-state index is 13.9. The fraction of sp³-hybridized carbons (Fsp3) is 0.444. The van der Waals surface area contributed by atoms with E-state index in [-0.39, 0.29) is 5.92 Å². The topological polar surface area (TPSA) is 3.24 Å². The Hall–Kier alpha value is -1.48. The first kappa shape index (κ1) is 14.5. The van der Waals surface area contributed by atoms with Gasteiger partial charge >= 0.3 is 0 Å². The number of halogens is 2. The van der Waals surface area contributed by atoms with Gasteiger partial charge in [0.05, 0.1) is 0 Å². The van der Waals surface area contributed by atoms with Crippen LogP contribution < -0.4 is 0 Å². The van der Waals surface area contributed by atoms with E-state index in [9.17, 15) is 8.78 Å². The molecule has 1 heterocycles. The second-order valence-electron chi connectivity index (χ2n) is 6.03. The third-order valence-corrected chi connectivity index (χ3v) is 4.59. The van der Waals surface area contributed by atoms with Gasteiger partial charge in [-0.15, -0.1) is 0 Å². The van der Waals surface area contributed by atoms with Crippen molar-refractivity contribution in [3.05, 3.63) is 60.0 Å². The third kappa shape index (κ3) is 3.59. The second kappa shape index (κ2) is 6.52. The van der Waals surface area contributed by atoms with Gasteiger partial charge in [0.15, 0.2) is 0 Å². The van der Waals surface area contributed by atoms with Crippen LogP contribution in [-0.2, 0) is 6.54 Å². The fourth-order valence-corrected chi connectivity index (χ4v) is 3.38. The van der Waals surface area contributed by atoms with Crippen molar-refractivity contribution >= 4 is 0 Å². The largest absolute Gasteiger partial charge is 0.299 e. The van der Waals surface area contributed by atoms with E-state index in [2.05, 4.69) is 29.2 Å². The van der Waals surface area contributed by atoms with Crippen LogP contribution in [0.2, 0.25) is 0 Å². The van der Waals surface area contributed by atoms with Gasteiger partial charge in [-0.3, -0.25) is 4.90 Å². The van der Waals surface area contributed by atoms with Crippen molar-refractivity contribution in [3.63, 3.8) is 0 Å². The summed E-state index contributed by atoms with van der Waals surface area (Å²) in [7, 11) is 0. The number of hydrogen-bond acceptors (Lipinski definition) is 1. The van der Waals surface area contributed by atoms with Gasteiger partial charge in [-0.05, 0) is 49.6 Å². The van der Waals surface area contributed by atoms with E-state index >= 15 is 0 Å². The van der Waals surface area contributed by atoms with Crippen molar-refractivity contribution in [3.8, 4) is 0 Å². The Morgan fingerprint density at radius 3 is 2.48 bits per heavy atom. The van der Waals surface area contributed by atoms with Crippen LogP contribution >= 0.6 is 0 Å².